The largest absolute Gasteiger partial charge is 0.478 e. The maximum atomic E-state index is 5.52. The molecular weight excluding hydrogens is 186 g/mol. The lowest BCUT2D eigenvalue weighted by Gasteiger charge is -2.39. The molecule has 0 aromatic carbocycles. The summed E-state index contributed by atoms with van der Waals surface area (Å²) in [4.78, 5) is 4.77. The topological polar surface area (TPSA) is 21.6 Å². The summed E-state index contributed by atoms with van der Waals surface area (Å²) < 4.78 is 5.52. The van der Waals surface area contributed by atoms with Crippen molar-refractivity contribution in [3.63, 3.8) is 0 Å². The summed E-state index contributed by atoms with van der Waals surface area (Å²) in [6.07, 6.45) is 6.40. The first-order valence-corrected chi connectivity index (χ1v) is 6.03. The summed E-state index contributed by atoms with van der Waals surface area (Å²) in [7, 11) is 0. The molecule has 1 atom stereocenters. The molecule has 15 heavy (non-hydrogen) atoms. The minimum Gasteiger partial charge on any atom is -0.478 e. The highest BCUT2D eigenvalue weighted by atomic mass is 16.5. The predicted molar refractivity (Wildman–Crippen MR) is 65.3 cm³/mol. The minimum absolute atomic E-state index is 0.102. The third-order valence-corrected chi connectivity index (χ3v) is 3.27. The second-order valence-corrected chi connectivity index (χ2v) is 4.47. The molecule has 2 heteroatoms. The molecule has 2 nitrogen and oxygen atoms in total. The maximum absolute atomic E-state index is 5.52. The molecule has 1 unspecified atom stereocenters. The van der Waals surface area contributed by atoms with Crippen LogP contribution in [0.5, 0.6) is 0 Å². The smallest absolute Gasteiger partial charge is 0.208 e. The van der Waals surface area contributed by atoms with Gasteiger partial charge in [-0.3, -0.25) is 0 Å². The van der Waals surface area contributed by atoms with E-state index in [1.807, 2.05) is 0 Å². The van der Waals surface area contributed by atoms with Gasteiger partial charge in [-0.2, -0.15) is 0 Å². The van der Waals surface area contributed by atoms with Gasteiger partial charge >= 0.3 is 0 Å². The number of nitrogens with zero attached hydrogens (tertiary/aromatic N) is 1. The maximum Gasteiger partial charge on any atom is 0.208 e. The van der Waals surface area contributed by atoms with Crippen LogP contribution in [0.15, 0.2) is 17.6 Å². The van der Waals surface area contributed by atoms with E-state index in [1.54, 1.807) is 6.08 Å². The molecule has 0 aromatic rings. The zero-order valence-corrected chi connectivity index (χ0v) is 10.3. The van der Waals surface area contributed by atoms with Crippen LogP contribution in [-0.4, -0.2) is 18.0 Å². The van der Waals surface area contributed by atoms with Gasteiger partial charge < -0.3 is 4.74 Å². The van der Waals surface area contributed by atoms with E-state index in [2.05, 4.69) is 27.4 Å². The highest BCUT2D eigenvalue weighted by Gasteiger charge is 2.37. The van der Waals surface area contributed by atoms with Crippen LogP contribution in [0.25, 0.3) is 0 Å². The molecular formula is C13H23NO. The van der Waals surface area contributed by atoms with Crippen LogP contribution in [0.1, 0.15) is 46.5 Å². The van der Waals surface area contributed by atoms with Gasteiger partial charge in [-0.15, -0.1) is 0 Å². The first-order chi connectivity index (χ1) is 7.18. The van der Waals surface area contributed by atoms with Crippen molar-refractivity contribution in [2.24, 2.45) is 10.9 Å². The van der Waals surface area contributed by atoms with Crippen molar-refractivity contribution in [2.75, 3.05) is 6.61 Å². The average molecular weight is 209 g/mol. The van der Waals surface area contributed by atoms with E-state index in [0.29, 0.717) is 5.92 Å². The molecule has 1 aliphatic heterocycles. The van der Waals surface area contributed by atoms with Crippen LogP contribution in [-0.2, 0) is 4.74 Å². The summed E-state index contributed by atoms with van der Waals surface area (Å²) >= 11 is 0. The quantitative estimate of drug-likeness (QED) is 0.678. The van der Waals surface area contributed by atoms with Gasteiger partial charge in [0.25, 0.3) is 0 Å². The average Bonchev–Trinajstić information content (AvgIpc) is 2.23. The summed E-state index contributed by atoms with van der Waals surface area (Å²) in [6.45, 7) is 11.2. The van der Waals surface area contributed by atoms with Gasteiger partial charge in [0, 0.05) is 5.92 Å². The van der Waals surface area contributed by atoms with E-state index in [0.717, 1.165) is 25.3 Å². The van der Waals surface area contributed by atoms with Crippen molar-refractivity contribution in [3.8, 4) is 0 Å². The van der Waals surface area contributed by atoms with Crippen molar-refractivity contribution in [1.29, 1.82) is 0 Å². The standard InChI is InChI=1S/C13H23NO/c1-5-8-13(9-6-2)11(4)10-15-12(7-3)14-13/h7,11H,3,5-6,8-10H2,1-2,4H3. The molecule has 1 rings (SSSR count). The first kappa shape index (κ1) is 12.3. The highest BCUT2D eigenvalue weighted by Crippen LogP contribution is 2.35. The summed E-state index contributed by atoms with van der Waals surface area (Å²) in [5, 5.41) is 0. The van der Waals surface area contributed by atoms with Gasteiger partial charge in [-0.05, 0) is 18.9 Å². The Bertz CT molecular complexity index is 239. The SMILES string of the molecule is C=CC1=NC(CCC)(CCC)C(C)CO1. The minimum atomic E-state index is 0.102. The molecule has 0 spiro atoms. The lowest BCUT2D eigenvalue weighted by atomic mass is 9.78. The Hall–Kier alpha value is -0.790. The lowest BCUT2D eigenvalue weighted by Crippen LogP contribution is -2.42. The van der Waals surface area contributed by atoms with E-state index in [1.165, 1.54) is 12.8 Å². The molecule has 0 aromatic heterocycles. The Balaban J connectivity index is 2.93. The monoisotopic (exact) mass is 209 g/mol. The van der Waals surface area contributed by atoms with Gasteiger partial charge in [-0.25, -0.2) is 4.99 Å². The van der Waals surface area contributed by atoms with Crippen LogP contribution in [0.2, 0.25) is 0 Å². The fourth-order valence-electron chi connectivity index (χ4n) is 2.43. The van der Waals surface area contributed by atoms with E-state index in [9.17, 15) is 0 Å². The molecule has 0 fully saturated rings. The Morgan fingerprint density at radius 2 is 2.07 bits per heavy atom. The molecule has 0 N–H and O–H groups in total. The fraction of sp³-hybridized carbons (Fsp3) is 0.769. The Morgan fingerprint density at radius 1 is 1.47 bits per heavy atom. The van der Waals surface area contributed by atoms with Gasteiger partial charge in [0.2, 0.25) is 5.90 Å². The van der Waals surface area contributed by atoms with Crippen molar-refractivity contribution in [2.45, 2.75) is 52.0 Å². The number of hydrogen-bond donors (Lipinski definition) is 0. The fourth-order valence-corrected chi connectivity index (χ4v) is 2.43. The van der Waals surface area contributed by atoms with Crippen LogP contribution in [0.3, 0.4) is 0 Å². The summed E-state index contributed by atoms with van der Waals surface area (Å²) in [5.74, 6) is 1.25. The molecule has 86 valence electrons. The van der Waals surface area contributed by atoms with Crippen molar-refractivity contribution in [3.05, 3.63) is 12.7 Å². The van der Waals surface area contributed by atoms with Gasteiger partial charge in [0.15, 0.2) is 0 Å². The van der Waals surface area contributed by atoms with E-state index in [4.69, 9.17) is 9.73 Å². The van der Waals surface area contributed by atoms with E-state index < -0.39 is 0 Å². The second-order valence-electron chi connectivity index (χ2n) is 4.47. The number of aliphatic imine (C=N–C) groups is 1. The van der Waals surface area contributed by atoms with Gasteiger partial charge in [0.05, 0.1) is 12.1 Å². The lowest BCUT2D eigenvalue weighted by molar-refractivity contribution is 0.127. The second kappa shape index (κ2) is 5.34. The Morgan fingerprint density at radius 3 is 2.53 bits per heavy atom. The van der Waals surface area contributed by atoms with Gasteiger partial charge in [0.1, 0.15) is 0 Å². The Labute approximate surface area is 93.4 Å². The van der Waals surface area contributed by atoms with Crippen LogP contribution >= 0.6 is 0 Å². The van der Waals surface area contributed by atoms with Crippen molar-refractivity contribution in [1.82, 2.24) is 0 Å². The molecule has 1 heterocycles. The third-order valence-electron chi connectivity index (χ3n) is 3.27. The third kappa shape index (κ3) is 2.61. The zero-order chi connectivity index (χ0) is 11.3. The summed E-state index contributed by atoms with van der Waals surface area (Å²) in [6, 6.07) is 0. The number of rotatable bonds is 5. The molecule has 0 aliphatic carbocycles. The molecule has 0 radical (unpaired) electrons. The molecule has 0 amide bonds. The van der Waals surface area contributed by atoms with Crippen LogP contribution < -0.4 is 0 Å². The van der Waals surface area contributed by atoms with E-state index in [-0.39, 0.29) is 5.54 Å². The molecule has 0 saturated heterocycles. The number of ether oxygens (including phenoxy) is 1. The van der Waals surface area contributed by atoms with Crippen LogP contribution in [0, 0.1) is 5.92 Å². The Kier molecular flexibility index (Phi) is 4.37. The molecule has 1 aliphatic rings. The van der Waals surface area contributed by atoms with Crippen molar-refractivity contribution < 1.29 is 4.74 Å². The molecule has 0 bridgehead atoms. The zero-order valence-electron chi connectivity index (χ0n) is 10.3. The highest BCUT2D eigenvalue weighted by molar-refractivity contribution is 5.87. The summed E-state index contributed by atoms with van der Waals surface area (Å²) in [5.41, 5.74) is 0.102. The normalized spacial score (nSPS) is 24.2. The first-order valence-electron chi connectivity index (χ1n) is 6.03. The van der Waals surface area contributed by atoms with Crippen LogP contribution in [0.4, 0.5) is 0 Å². The molecule has 0 saturated carbocycles. The van der Waals surface area contributed by atoms with Crippen molar-refractivity contribution >= 4 is 5.90 Å². The van der Waals surface area contributed by atoms with Gasteiger partial charge in [-0.1, -0.05) is 40.2 Å². The predicted octanol–water partition coefficient (Wildman–Crippen LogP) is 3.58. The van der Waals surface area contributed by atoms with E-state index >= 15 is 0 Å². The number of hydrogen-bond acceptors (Lipinski definition) is 2.